The number of fused-ring (bicyclic) bond motifs is 1. The third-order valence-electron chi connectivity index (χ3n) is 4.99. The van der Waals surface area contributed by atoms with Gasteiger partial charge in [-0.15, -0.1) is 11.8 Å². The van der Waals surface area contributed by atoms with Gasteiger partial charge in [-0.1, -0.05) is 0 Å². The Labute approximate surface area is 140 Å². The summed E-state index contributed by atoms with van der Waals surface area (Å²) < 4.78 is 1.99. The Balaban J connectivity index is 2.00. The fourth-order valence-electron chi connectivity index (χ4n) is 2.55. The molecule has 0 unspecified atom stereocenters. The van der Waals surface area contributed by atoms with E-state index in [-0.39, 0.29) is 5.54 Å². The SMILES string of the molecule is [B]C([B])(n1ccc2cc(SC3CC3)ccc21)C(C)(C)N(C)C. The van der Waals surface area contributed by atoms with E-state index < -0.39 is 5.34 Å². The molecule has 0 spiro atoms. The van der Waals surface area contributed by atoms with Gasteiger partial charge in [0, 0.05) is 32.8 Å². The smallest absolute Gasteiger partial charge is 0.0932 e. The van der Waals surface area contributed by atoms with Gasteiger partial charge in [-0.25, -0.2) is 0 Å². The largest absolute Gasteiger partial charge is 0.357 e. The molecule has 1 aromatic heterocycles. The molecule has 1 aromatic carbocycles. The van der Waals surface area contributed by atoms with Crippen LogP contribution in [0.3, 0.4) is 0 Å². The summed E-state index contributed by atoms with van der Waals surface area (Å²) in [6.45, 7) is 4.13. The lowest BCUT2D eigenvalue weighted by atomic mass is 9.51. The van der Waals surface area contributed by atoms with Crippen molar-refractivity contribution in [1.29, 1.82) is 0 Å². The molecule has 2 aromatic rings. The van der Waals surface area contributed by atoms with Crippen molar-refractivity contribution in [3.8, 4) is 0 Å². The van der Waals surface area contributed by atoms with Crippen molar-refractivity contribution in [1.82, 2.24) is 9.47 Å². The second-order valence-electron chi connectivity index (χ2n) is 7.00. The van der Waals surface area contributed by atoms with E-state index in [9.17, 15) is 0 Å². The highest BCUT2D eigenvalue weighted by Gasteiger charge is 2.39. The third-order valence-corrected chi connectivity index (χ3v) is 6.32. The molecule has 0 aliphatic heterocycles. The first-order valence-electron chi connectivity index (χ1n) is 7.77. The molecule has 0 N–H and O–H groups in total. The summed E-state index contributed by atoms with van der Waals surface area (Å²) in [5.41, 5.74) is 0.695. The van der Waals surface area contributed by atoms with Crippen molar-refractivity contribution >= 4 is 38.4 Å². The van der Waals surface area contributed by atoms with Crippen molar-refractivity contribution in [3.05, 3.63) is 30.5 Å². The van der Waals surface area contributed by atoms with Crippen LogP contribution in [-0.4, -0.2) is 50.0 Å². The van der Waals surface area contributed by atoms with Gasteiger partial charge in [-0.3, -0.25) is 0 Å². The lowest BCUT2D eigenvalue weighted by molar-refractivity contribution is 0.141. The minimum atomic E-state index is -0.997. The van der Waals surface area contributed by atoms with Crippen molar-refractivity contribution in [2.75, 3.05) is 14.1 Å². The highest BCUT2D eigenvalue weighted by atomic mass is 32.2. The quantitative estimate of drug-likeness (QED) is 0.784. The molecular weight excluding hydrogens is 286 g/mol. The number of benzene rings is 1. The van der Waals surface area contributed by atoms with Gasteiger partial charge in [0.05, 0.1) is 15.7 Å². The van der Waals surface area contributed by atoms with Crippen LogP contribution in [0.5, 0.6) is 0 Å². The second-order valence-corrected chi connectivity index (χ2v) is 8.38. The summed E-state index contributed by atoms with van der Waals surface area (Å²) in [6.07, 6.45) is 4.69. The zero-order valence-corrected chi connectivity index (χ0v) is 14.7. The predicted octanol–water partition coefficient (Wildman–Crippen LogP) is 3.18. The van der Waals surface area contributed by atoms with Crippen molar-refractivity contribution in [2.45, 2.75) is 47.7 Å². The van der Waals surface area contributed by atoms with Crippen LogP contribution in [0.4, 0.5) is 0 Å². The van der Waals surface area contributed by atoms with Gasteiger partial charge in [0.15, 0.2) is 0 Å². The van der Waals surface area contributed by atoms with E-state index in [1.807, 2.05) is 36.6 Å². The van der Waals surface area contributed by atoms with Gasteiger partial charge in [0.2, 0.25) is 0 Å². The minimum absolute atomic E-state index is 0.389. The molecular formula is C17H22B2N2S. The lowest BCUT2D eigenvalue weighted by Gasteiger charge is -2.49. The summed E-state index contributed by atoms with van der Waals surface area (Å²) in [4.78, 5) is 3.40. The Morgan fingerprint density at radius 3 is 2.45 bits per heavy atom. The Morgan fingerprint density at radius 2 is 1.86 bits per heavy atom. The van der Waals surface area contributed by atoms with Gasteiger partial charge in [-0.05, 0) is 70.4 Å². The molecule has 0 atom stereocenters. The fourth-order valence-corrected chi connectivity index (χ4v) is 3.65. The van der Waals surface area contributed by atoms with Gasteiger partial charge < -0.3 is 9.47 Å². The zero-order chi connectivity index (χ0) is 16.1. The van der Waals surface area contributed by atoms with Crippen LogP contribution < -0.4 is 0 Å². The Hall–Kier alpha value is -0.800. The standard InChI is InChI=1S/C17H22B2N2S/c1-16(2,20(3)4)17(18,19)21-10-9-12-11-14(7-8-15(12)21)22-13-5-6-13/h7-11,13H,5-6H2,1-4H3. The molecule has 0 saturated heterocycles. The summed E-state index contributed by atoms with van der Waals surface area (Å²) in [5, 5.41) is 1.01. The first kappa shape index (κ1) is 16.1. The molecule has 22 heavy (non-hydrogen) atoms. The summed E-state index contributed by atoms with van der Waals surface area (Å²) >= 11 is 1.97. The fraction of sp³-hybridized carbons (Fsp3) is 0.529. The average molecular weight is 308 g/mol. The molecule has 3 rings (SSSR count). The summed E-state index contributed by atoms with van der Waals surface area (Å²) in [6, 6.07) is 8.67. The van der Waals surface area contributed by atoms with E-state index in [2.05, 4.69) is 43.0 Å². The summed E-state index contributed by atoms with van der Waals surface area (Å²) in [5.74, 6) is 0. The molecule has 1 fully saturated rings. The second kappa shape index (κ2) is 5.38. The van der Waals surface area contributed by atoms with Crippen LogP contribution in [0.15, 0.2) is 35.4 Å². The Bertz CT molecular complexity index is 687. The van der Waals surface area contributed by atoms with Gasteiger partial charge >= 0.3 is 0 Å². The van der Waals surface area contributed by atoms with Crippen LogP contribution in [0.1, 0.15) is 26.7 Å². The van der Waals surface area contributed by atoms with Crippen LogP contribution in [-0.2, 0) is 5.34 Å². The van der Waals surface area contributed by atoms with Gasteiger partial charge in [0.25, 0.3) is 0 Å². The molecule has 1 saturated carbocycles. The minimum Gasteiger partial charge on any atom is -0.357 e. The van der Waals surface area contributed by atoms with E-state index in [1.165, 1.54) is 23.1 Å². The molecule has 2 nitrogen and oxygen atoms in total. The molecule has 1 heterocycles. The van der Waals surface area contributed by atoms with Crippen molar-refractivity contribution in [3.63, 3.8) is 0 Å². The molecule has 1 aliphatic carbocycles. The first-order chi connectivity index (χ1) is 10.2. The zero-order valence-electron chi connectivity index (χ0n) is 13.8. The highest BCUT2D eigenvalue weighted by molar-refractivity contribution is 8.00. The van der Waals surface area contributed by atoms with Gasteiger partial charge in [0.1, 0.15) is 0 Å². The molecule has 5 heteroatoms. The van der Waals surface area contributed by atoms with E-state index in [0.29, 0.717) is 0 Å². The Morgan fingerprint density at radius 1 is 1.18 bits per heavy atom. The van der Waals surface area contributed by atoms with Crippen LogP contribution in [0.25, 0.3) is 10.9 Å². The van der Waals surface area contributed by atoms with E-state index in [4.69, 9.17) is 15.7 Å². The predicted molar refractivity (Wildman–Crippen MR) is 98.1 cm³/mol. The maximum absolute atomic E-state index is 6.55. The number of aromatic nitrogens is 1. The number of likely N-dealkylation sites (N-methyl/N-ethyl adjacent to an activating group) is 1. The lowest BCUT2D eigenvalue weighted by Crippen LogP contribution is -2.60. The molecule has 0 amide bonds. The molecule has 112 valence electrons. The van der Waals surface area contributed by atoms with Gasteiger partial charge in [-0.2, -0.15) is 0 Å². The highest BCUT2D eigenvalue weighted by Crippen LogP contribution is 2.40. The van der Waals surface area contributed by atoms with Crippen LogP contribution in [0.2, 0.25) is 0 Å². The molecule has 1 aliphatic rings. The number of thioether (sulfide) groups is 1. The van der Waals surface area contributed by atoms with E-state index in [1.54, 1.807) is 0 Å². The van der Waals surface area contributed by atoms with Crippen molar-refractivity contribution in [2.24, 2.45) is 0 Å². The number of hydrogen-bond donors (Lipinski definition) is 0. The van der Waals surface area contributed by atoms with Crippen molar-refractivity contribution < 1.29 is 0 Å². The maximum Gasteiger partial charge on any atom is 0.0932 e. The van der Waals surface area contributed by atoms with Crippen LogP contribution in [0, 0.1) is 0 Å². The topological polar surface area (TPSA) is 8.17 Å². The van der Waals surface area contributed by atoms with E-state index >= 15 is 0 Å². The maximum atomic E-state index is 6.55. The average Bonchev–Trinajstić information content (AvgIpc) is 3.14. The first-order valence-corrected chi connectivity index (χ1v) is 8.65. The number of hydrogen-bond acceptors (Lipinski definition) is 2. The monoisotopic (exact) mass is 308 g/mol. The molecule has 4 radical (unpaired) electrons. The normalized spacial score (nSPS) is 16.6. The third kappa shape index (κ3) is 2.63. The van der Waals surface area contributed by atoms with E-state index in [0.717, 1.165) is 10.8 Å². The molecule has 0 bridgehead atoms. The van der Waals surface area contributed by atoms with Crippen LogP contribution >= 0.6 is 11.8 Å². The Kier molecular flexibility index (Phi) is 3.93. The number of rotatable bonds is 5. The number of nitrogens with zero attached hydrogens (tertiary/aromatic N) is 2. The summed E-state index contributed by atoms with van der Waals surface area (Å²) in [7, 11) is 17.1.